The molecule has 0 aromatic carbocycles. The Morgan fingerprint density at radius 2 is 1.34 bits per heavy atom. The molecular weight excluding hydrogens is 584 g/mol. The molecule has 0 radical (unpaired) electrons. The molecule has 5 nitrogen and oxygen atoms in total. The van der Waals surface area contributed by atoms with E-state index < -0.39 is 5.41 Å². The first-order valence-corrected chi connectivity index (χ1v) is 16.9. The van der Waals surface area contributed by atoms with Gasteiger partial charge in [0, 0.05) is 22.3 Å². The van der Waals surface area contributed by atoms with Crippen LogP contribution in [0.1, 0.15) is 91.9 Å². The van der Waals surface area contributed by atoms with Crippen molar-refractivity contribution in [3.63, 3.8) is 0 Å². The minimum atomic E-state index is -0.917. The number of hydrogen-bond acceptors (Lipinski definition) is 5. The molecule has 5 heteroatoms. The van der Waals surface area contributed by atoms with Gasteiger partial charge in [-0.25, -0.2) is 0 Å². The second-order valence-corrected chi connectivity index (χ2v) is 14.2. The highest BCUT2D eigenvalue weighted by molar-refractivity contribution is 6.21. The molecule has 6 rings (SSSR count). The monoisotopic (exact) mass is 630 g/mol. The van der Waals surface area contributed by atoms with Crippen LogP contribution in [0.2, 0.25) is 0 Å². The maximum atomic E-state index is 13.8. The van der Waals surface area contributed by atoms with Gasteiger partial charge in [-0.2, -0.15) is 0 Å². The lowest BCUT2D eigenvalue weighted by Gasteiger charge is -2.44. The fourth-order valence-corrected chi connectivity index (χ4v) is 7.63. The maximum Gasteiger partial charge on any atom is 0.185 e. The number of allylic oxidation sites excluding steroid dienone is 20. The van der Waals surface area contributed by atoms with E-state index in [1.54, 1.807) is 0 Å². The number of ketones is 4. The average molecular weight is 631 g/mol. The standard InChI is InChI=1S/C42H46O5/c1-27-8-5-9-29(3)17-34-22-38(44)23-35(41(34)47)21-37-20-31-12-6-10-28(2)16-33-25-39(45)32(24-40(33)46)14-13-30(4)18-36(19-31)42(37,26-43)15-7-11-27/h7,9-11,13,15,19,22-26,36-37H,5-6,8,12,14,16-18,20-21H2,1-4H3/b15-7+,27-11-,28-10-,29-9-,30-13+/t36-,37+,42-/m1/s1. The lowest BCUT2D eigenvalue weighted by Crippen LogP contribution is -2.41. The molecule has 0 unspecified atom stereocenters. The fraction of sp³-hybridized carbons (Fsp3) is 0.405. The lowest BCUT2D eigenvalue weighted by molar-refractivity contribution is -0.119. The molecule has 0 aromatic heterocycles. The van der Waals surface area contributed by atoms with Gasteiger partial charge < -0.3 is 4.79 Å². The van der Waals surface area contributed by atoms with Crippen molar-refractivity contribution in [2.75, 3.05) is 0 Å². The van der Waals surface area contributed by atoms with Crippen molar-refractivity contribution in [3.05, 3.63) is 117 Å². The third-order valence-corrected chi connectivity index (χ3v) is 10.3. The van der Waals surface area contributed by atoms with Gasteiger partial charge in [0.25, 0.3) is 0 Å². The molecular formula is C42H46O5. The van der Waals surface area contributed by atoms with Crippen molar-refractivity contribution in [1.29, 1.82) is 0 Å². The van der Waals surface area contributed by atoms with Gasteiger partial charge >= 0.3 is 0 Å². The molecule has 3 atom stereocenters. The van der Waals surface area contributed by atoms with Crippen LogP contribution in [0.25, 0.3) is 0 Å². The molecule has 6 bridgehead atoms. The molecule has 0 spiro atoms. The predicted octanol–water partition coefficient (Wildman–Crippen LogP) is 8.62. The van der Waals surface area contributed by atoms with Crippen LogP contribution in [-0.4, -0.2) is 29.4 Å². The van der Waals surface area contributed by atoms with Gasteiger partial charge in [0.15, 0.2) is 23.1 Å². The number of aldehydes is 1. The largest absolute Gasteiger partial charge is 0.302 e. The molecule has 47 heavy (non-hydrogen) atoms. The quantitative estimate of drug-likeness (QED) is 0.165. The van der Waals surface area contributed by atoms with E-state index in [0.717, 1.165) is 48.7 Å². The molecule has 0 N–H and O–H groups in total. The highest BCUT2D eigenvalue weighted by Gasteiger charge is 2.46. The van der Waals surface area contributed by atoms with Crippen molar-refractivity contribution in [3.8, 4) is 0 Å². The smallest absolute Gasteiger partial charge is 0.185 e. The number of fused-ring (bicyclic) bond motifs is 10. The van der Waals surface area contributed by atoms with E-state index in [9.17, 15) is 24.0 Å². The summed E-state index contributed by atoms with van der Waals surface area (Å²) in [6.07, 6.45) is 27.7. The zero-order chi connectivity index (χ0) is 33.7. The fourth-order valence-electron chi connectivity index (χ4n) is 7.63. The van der Waals surface area contributed by atoms with Crippen LogP contribution in [0.4, 0.5) is 0 Å². The van der Waals surface area contributed by atoms with E-state index in [1.165, 1.54) is 35.5 Å². The maximum absolute atomic E-state index is 13.8. The van der Waals surface area contributed by atoms with E-state index in [2.05, 4.69) is 31.2 Å². The Morgan fingerprint density at radius 3 is 2.09 bits per heavy atom. The molecule has 0 saturated heterocycles. The highest BCUT2D eigenvalue weighted by Crippen LogP contribution is 2.51. The van der Waals surface area contributed by atoms with Crippen molar-refractivity contribution in [1.82, 2.24) is 0 Å². The minimum absolute atomic E-state index is 0.0982. The molecule has 6 aliphatic rings. The van der Waals surface area contributed by atoms with E-state index in [0.29, 0.717) is 60.8 Å². The molecule has 0 amide bonds. The number of rotatable bonds is 1. The summed E-state index contributed by atoms with van der Waals surface area (Å²) in [5.41, 5.74) is 6.65. The first-order valence-electron chi connectivity index (χ1n) is 16.9. The highest BCUT2D eigenvalue weighted by atomic mass is 16.1. The lowest BCUT2D eigenvalue weighted by atomic mass is 9.58. The van der Waals surface area contributed by atoms with Crippen LogP contribution >= 0.6 is 0 Å². The Bertz CT molecular complexity index is 1710. The van der Waals surface area contributed by atoms with E-state index in [1.807, 2.05) is 39.0 Å². The zero-order valence-corrected chi connectivity index (χ0v) is 28.2. The second kappa shape index (κ2) is 14.7. The molecule has 6 aliphatic carbocycles. The van der Waals surface area contributed by atoms with Crippen molar-refractivity contribution in [2.24, 2.45) is 17.3 Å². The summed E-state index contributed by atoms with van der Waals surface area (Å²) >= 11 is 0. The molecule has 0 saturated carbocycles. The van der Waals surface area contributed by atoms with Gasteiger partial charge in [0.05, 0.1) is 5.41 Å². The number of carbonyl (C=O) groups is 5. The van der Waals surface area contributed by atoms with Crippen LogP contribution in [0.3, 0.4) is 0 Å². The van der Waals surface area contributed by atoms with E-state index >= 15 is 0 Å². The SMILES string of the molecule is C/C1=C/C=C/[C@]2(C=O)[C@@H](CC3=C[C@H]2C/C(C)=C/CC2=CC(=O)C(=CC2=O)C/C(C)=C\CC3)CC2=CC(=O)C=C(C/C(C)=C\CC1)C2=O. The van der Waals surface area contributed by atoms with E-state index in [-0.39, 0.29) is 35.0 Å². The summed E-state index contributed by atoms with van der Waals surface area (Å²) in [4.78, 5) is 66.1. The molecule has 0 heterocycles. The second-order valence-electron chi connectivity index (χ2n) is 14.2. The Morgan fingerprint density at radius 1 is 0.681 bits per heavy atom. The van der Waals surface area contributed by atoms with Gasteiger partial charge in [0.2, 0.25) is 0 Å². The topological polar surface area (TPSA) is 85.3 Å². The first-order chi connectivity index (χ1) is 22.5. The Labute approximate surface area is 279 Å². The minimum Gasteiger partial charge on any atom is -0.302 e. The van der Waals surface area contributed by atoms with Gasteiger partial charge in [-0.15, -0.1) is 0 Å². The zero-order valence-electron chi connectivity index (χ0n) is 28.2. The van der Waals surface area contributed by atoms with E-state index in [4.69, 9.17) is 0 Å². The summed E-state index contributed by atoms with van der Waals surface area (Å²) in [5, 5.41) is 0. The Kier molecular flexibility index (Phi) is 10.6. The number of carbonyl (C=O) groups excluding carboxylic acids is 5. The van der Waals surface area contributed by atoms with Crippen LogP contribution in [-0.2, 0) is 24.0 Å². The summed E-state index contributed by atoms with van der Waals surface area (Å²) in [7, 11) is 0. The van der Waals surface area contributed by atoms with Gasteiger partial charge in [-0.3, -0.25) is 19.2 Å². The van der Waals surface area contributed by atoms with Gasteiger partial charge in [0.1, 0.15) is 6.29 Å². The van der Waals surface area contributed by atoms with Gasteiger partial charge in [-0.1, -0.05) is 70.4 Å². The van der Waals surface area contributed by atoms with Crippen molar-refractivity contribution < 1.29 is 24.0 Å². The summed E-state index contributed by atoms with van der Waals surface area (Å²) in [6, 6.07) is 0. The normalized spacial score (nSPS) is 33.2. The molecule has 244 valence electrons. The van der Waals surface area contributed by atoms with Crippen LogP contribution in [0.15, 0.2) is 117 Å². The average Bonchev–Trinajstić information content (AvgIpc) is 3.01. The summed E-state index contributed by atoms with van der Waals surface area (Å²) in [5.74, 6) is -0.920. The Hall–Kier alpha value is -4.25. The van der Waals surface area contributed by atoms with Crippen molar-refractivity contribution >= 4 is 29.4 Å². The predicted molar refractivity (Wildman–Crippen MR) is 186 cm³/mol. The number of Topliss-reactive ketones (excluding diaryl/α,β-unsaturated/α-hetero) is 1. The van der Waals surface area contributed by atoms with Crippen molar-refractivity contribution in [2.45, 2.75) is 91.9 Å². The third kappa shape index (κ3) is 8.01. The van der Waals surface area contributed by atoms with Crippen LogP contribution < -0.4 is 0 Å². The first kappa shape index (κ1) is 34.1. The van der Waals surface area contributed by atoms with Crippen LogP contribution in [0.5, 0.6) is 0 Å². The Balaban J connectivity index is 1.60. The summed E-state index contributed by atoms with van der Waals surface area (Å²) < 4.78 is 0. The summed E-state index contributed by atoms with van der Waals surface area (Å²) in [6.45, 7) is 8.11. The molecule has 0 aliphatic heterocycles. The third-order valence-electron chi connectivity index (χ3n) is 10.3. The number of hydrogen-bond donors (Lipinski definition) is 0. The molecule has 0 fully saturated rings. The molecule has 0 aromatic rings. The van der Waals surface area contributed by atoms with Gasteiger partial charge in [-0.05, 0) is 128 Å². The van der Waals surface area contributed by atoms with Crippen LogP contribution in [0, 0.1) is 17.3 Å².